The van der Waals surface area contributed by atoms with Crippen LogP contribution in [0, 0.1) is 0 Å². The van der Waals surface area contributed by atoms with E-state index >= 15 is 0 Å². The summed E-state index contributed by atoms with van der Waals surface area (Å²) in [6, 6.07) is 18.8. The van der Waals surface area contributed by atoms with Gasteiger partial charge in [0.25, 0.3) is 0 Å². The van der Waals surface area contributed by atoms with Gasteiger partial charge in [-0.1, -0.05) is 48.5 Å². The van der Waals surface area contributed by atoms with E-state index in [9.17, 15) is 19.3 Å². The molecule has 4 rings (SSSR count). The molecule has 0 amide bonds. The second kappa shape index (κ2) is 12.1. The van der Waals surface area contributed by atoms with Gasteiger partial charge in [-0.25, -0.2) is 14.4 Å². The Kier molecular flexibility index (Phi) is 8.70. The number of para-hydroxylation sites is 1. The number of nitrogen functional groups attached to an aromatic ring is 1. The van der Waals surface area contributed by atoms with Gasteiger partial charge in [0, 0.05) is 12.6 Å². The van der Waals surface area contributed by atoms with Crippen molar-refractivity contribution in [2.75, 3.05) is 18.9 Å². The van der Waals surface area contributed by atoms with Gasteiger partial charge in [-0.05, 0) is 23.8 Å². The highest BCUT2D eigenvalue weighted by Gasteiger charge is 2.38. The molecule has 2 aromatic carbocycles. The Balaban J connectivity index is 1.38. The van der Waals surface area contributed by atoms with Crippen LogP contribution in [-0.4, -0.2) is 46.0 Å². The summed E-state index contributed by atoms with van der Waals surface area (Å²) in [5.41, 5.74) is 5.69. The predicted octanol–water partition coefficient (Wildman–Crippen LogP) is 2.01. The van der Waals surface area contributed by atoms with Gasteiger partial charge in [-0.3, -0.25) is 13.9 Å². The average molecular weight is 530 g/mol. The molecule has 13 heteroatoms. The third-order valence-corrected chi connectivity index (χ3v) is 6.89. The first-order chi connectivity index (χ1) is 17.8. The highest BCUT2D eigenvalue weighted by atomic mass is 31.2. The molecule has 12 nitrogen and oxygen atoms in total. The average Bonchev–Trinajstić information content (AvgIpc) is 3.26. The quantitative estimate of drug-likeness (QED) is 0.245. The number of aromatic nitrogens is 2. The lowest BCUT2D eigenvalue weighted by Crippen LogP contribution is -2.30. The van der Waals surface area contributed by atoms with Crippen molar-refractivity contribution >= 4 is 19.5 Å². The number of aliphatic hydroxyl groups is 1. The van der Waals surface area contributed by atoms with Gasteiger partial charge in [0.05, 0.1) is 12.7 Å². The van der Waals surface area contributed by atoms with Gasteiger partial charge < -0.3 is 24.8 Å². The number of aliphatic hydroxyl groups excluding tert-OH is 1. The van der Waals surface area contributed by atoms with Crippen LogP contribution in [0.5, 0.6) is 5.75 Å². The van der Waals surface area contributed by atoms with E-state index in [4.69, 9.17) is 24.3 Å². The first kappa shape index (κ1) is 26.5. The molecule has 2 unspecified atom stereocenters. The van der Waals surface area contributed by atoms with Crippen LogP contribution in [0.15, 0.2) is 77.7 Å². The summed E-state index contributed by atoms with van der Waals surface area (Å²) in [5.74, 6) is -0.370. The molecule has 1 aliphatic heterocycles. The number of carbonyl (C=O) groups excluding carboxylic acids is 1. The summed E-state index contributed by atoms with van der Waals surface area (Å²) in [4.78, 5) is 28.0. The summed E-state index contributed by atoms with van der Waals surface area (Å²) in [7, 11) is -4.12. The van der Waals surface area contributed by atoms with Crippen LogP contribution in [0.25, 0.3) is 0 Å². The van der Waals surface area contributed by atoms with E-state index in [-0.39, 0.29) is 31.2 Å². The molecule has 2 heterocycles. The van der Waals surface area contributed by atoms with Gasteiger partial charge in [-0.15, -0.1) is 0 Å². The van der Waals surface area contributed by atoms with Crippen LogP contribution in [0.2, 0.25) is 0 Å². The maximum atomic E-state index is 13.5. The predicted molar refractivity (Wildman–Crippen MR) is 132 cm³/mol. The molecule has 4 N–H and O–H groups in total. The van der Waals surface area contributed by atoms with Gasteiger partial charge in [0.15, 0.2) is 0 Å². The number of nitrogens with two attached hydrogens (primary N) is 1. The number of carbonyl (C=O) groups is 1. The maximum absolute atomic E-state index is 13.5. The molecule has 3 aromatic rings. The summed E-state index contributed by atoms with van der Waals surface area (Å²) >= 11 is 0. The van der Waals surface area contributed by atoms with Gasteiger partial charge in [-0.2, -0.15) is 4.98 Å². The Bertz CT molecular complexity index is 1290. The smallest absolute Gasteiger partial charge is 0.459 e. The molecule has 1 aliphatic rings. The van der Waals surface area contributed by atoms with Crippen molar-refractivity contribution in [2.24, 2.45) is 0 Å². The zero-order valence-corrected chi connectivity index (χ0v) is 20.6. The molecule has 1 aromatic heterocycles. The van der Waals surface area contributed by atoms with Crippen molar-refractivity contribution in [3.63, 3.8) is 0 Å². The number of hydrogen-bond donors (Lipinski definition) is 3. The molecule has 4 atom stereocenters. The minimum atomic E-state index is -4.12. The van der Waals surface area contributed by atoms with Crippen LogP contribution < -0.4 is 21.0 Å². The first-order valence-electron chi connectivity index (χ1n) is 11.4. The standard InChI is InChI=1S/C24H27N4O8P/c25-21-11-12-28(24(31)27-21)22-13-19(29)20(35-22)16-34-37(32,36-18-9-5-2-6-10-18)26-14-23(30)33-15-17-7-3-1-4-8-17/h1-12,19-20,22,29H,13-16H2,(H,26,32)(H2,25,27,31)/t19-,20?,22-,37?/m1/s1. The molecule has 1 fully saturated rings. The van der Waals surface area contributed by atoms with Crippen molar-refractivity contribution in [3.05, 3.63) is 89.0 Å². The van der Waals surface area contributed by atoms with Crippen molar-refractivity contribution in [1.29, 1.82) is 0 Å². The molecule has 0 bridgehead atoms. The molecule has 0 saturated carbocycles. The van der Waals surface area contributed by atoms with E-state index < -0.39 is 44.4 Å². The van der Waals surface area contributed by atoms with Gasteiger partial charge in [0.2, 0.25) is 0 Å². The third kappa shape index (κ3) is 7.48. The SMILES string of the molecule is Nc1ccn([C@H]2C[C@@H](O)C(COP(=O)(NCC(=O)OCc3ccccc3)Oc3ccccc3)O2)c(=O)n1. The van der Waals surface area contributed by atoms with Crippen LogP contribution in [0.4, 0.5) is 5.82 Å². The highest BCUT2D eigenvalue weighted by molar-refractivity contribution is 7.52. The summed E-state index contributed by atoms with van der Waals surface area (Å²) in [5, 5.41) is 13.0. The van der Waals surface area contributed by atoms with E-state index in [2.05, 4.69) is 10.1 Å². The number of anilines is 1. The Morgan fingerprint density at radius 1 is 1.16 bits per heavy atom. The lowest BCUT2D eigenvalue weighted by Gasteiger charge is -2.22. The van der Waals surface area contributed by atoms with Crippen molar-refractivity contribution < 1.29 is 33.0 Å². The van der Waals surface area contributed by atoms with Crippen LogP contribution in [0.3, 0.4) is 0 Å². The van der Waals surface area contributed by atoms with Crippen molar-refractivity contribution in [2.45, 2.75) is 31.5 Å². The lowest BCUT2D eigenvalue weighted by atomic mass is 10.2. The lowest BCUT2D eigenvalue weighted by molar-refractivity contribution is -0.143. The van der Waals surface area contributed by atoms with Crippen molar-refractivity contribution in [1.82, 2.24) is 14.6 Å². The minimum Gasteiger partial charge on any atom is -0.460 e. The largest absolute Gasteiger partial charge is 0.460 e. The van der Waals surface area contributed by atoms with E-state index in [1.807, 2.05) is 30.3 Å². The Morgan fingerprint density at radius 2 is 1.86 bits per heavy atom. The monoisotopic (exact) mass is 530 g/mol. The third-order valence-electron chi connectivity index (χ3n) is 5.40. The van der Waals surface area contributed by atoms with Crippen LogP contribution in [-0.2, 0) is 30.0 Å². The minimum absolute atomic E-state index is 0.0505. The Morgan fingerprint density at radius 3 is 2.57 bits per heavy atom. The Labute approximate surface area is 212 Å². The molecule has 0 aliphatic carbocycles. The topological polar surface area (TPSA) is 164 Å². The second-order valence-corrected chi connectivity index (χ2v) is 9.91. The number of benzene rings is 2. The second-order valence-electron chi connectivity index (χ2n) is 8.15. The fourth-order valence-electron chi connectivity index (χ4n) is 3.53. The van der Waals surface area contributed by atoms with Crippen LogP contribution >= 0.6 is 7.75 Å². The number of hydrogen-bond acceptors (Lipinski definition) is 10. The van der Waals surface area contributed by atoms with Crippen molar-refractivity contribution in [3.8, 4) is 5.75 Å². The highest BCUT2D eigenvalue weighted by Crippen LogP contribution is 2.45. The van der Waals surface area contributed by atoms with Gasteiger partial charge in [0.1, 0.15) is 37.1 Å². The summed E-state index contributed by atoms with van der Waals surface area (Å²) in [6.07, 6.45) is -1.30. The number of nitrogens with zero attached hydrogens (tertiary/aromatic N) is 2. The fraction of sp³-hybridized carbons (Fsp3) is 0.292. The normalized spacial score (nSPS) is 20.7. The zero-order valence-electron chi connectivity index (χ0n) is 19.7. The van der Waals surface area contributed by atoms with E-state index in [0.29, 0.717) is 0 Å². The first-order valence-corrected chi connectivity index (χ1v) is 13.0. The molecule has 0 radical (unpaired) electrons. The molecular weight excluding hydrogens is 503 g/mol. The summed E-state index contributed by atoms with van der Waals surface area (Å²) < 4.78 is 36.7. The van der Waals surface area contributed by atoms with E-state index in [1.54, 1.807) is 30.3 Å². The number of esters is 1. The molecule has 1 saturated heterocycles. The number of rotatable bonds is 11. The molecular formula is C24H27N4O8P. The zero-order chi connectivity index (χ0) is 26.3. The number of nitrogens with one attached hydrogen (secondary N) is 1. The molecule has 196 valence electrons. The maximum Gasteiger partial charge on any atom is 0.459 e. The van der Waals surface area contributed by atoms with Crippen LogP contribution in [0.1, 0.15) is 18.2 Å². The number of ether oxygens (including phenoxy) is 2. The summed E-state index contributed by atoms with van der Waals surface area (Å²) in [6.45, 7) is -0.764. The molecule has 37 heavy (non-hydrogen) atoms. The van der Waals surface area contributed by atoms with E-state index in [0.717, 1.165) is 5.56 Å². The molecule has 0 spiro atoms. The van der Waals surface area contributed by atoms with Gasteiger partial charge >= 0.3 is 19.4 Å². The Hall–Kier alpha value is -3.54. The van der Waals surface area contributed by atoms with E-state index in [1.165, 1.54) is 16.8 Å². The fourth-order valence-corrected chi connectivity index (χ4v) is 4.80.